The molecule has 0 saturated heterocycles. The van der Waals surface area contributed by atoms with E-state index in [2.05, 4.69) is 4.74 Å². The van der Waals surface area contributed by atoms with Gasteiger partial charge in [-0.2, -0.15) is 13.2 Å². The zero-order valence-corrected chi connectivity index (χ0v) is 16.2. The number of aryl methyl sites for hydroxylation is 1. The van der Waals surface area contributed by atoms with Crippen molar-refractivity contribution in [1.29, 1.82) is 0 Å². The molecule has 0 radical (unpaired) electrons. The summed E-state index contributed by atoms with van der Waals surface area (Å²) in [6.45, 7) is 1.75. The predicted octanol–water partition coefficient (Wildman–Crippen LogP) is 6.45. The molecule has 2 rings (SSSR count). The number of ether oxygens (including phenoxy) is 2. The van der Waals surface area contributed by atoms with Crippen molar-refractivity contribution in [2.45, 2.75) is 51.2 Å². The van der Waals surface area contributed by atoms with Gasteiger partial charge in [0.15, 0.2) is 0 Å². The minimum absolute atomic E-state index is 0.0652. The normalized spacial score (nSPS) is 13.2. The lowest BCUT2D eigenvalue weighted by Gasteiger charge is -2.17. The van der Waals surface area contributed by atoms with Crippen LogP contribution in [0.2, 0.25) is 0 Å². The summed E-state index contributed by atoms with van der Waals surface area (Å²) < 4.78 is 86.0. The number of benzene rings is 2. The third-order valence-electron chi connectivity index (χ3n) is 4.26. The summed E-state index contributed by atoms with van der Waals surface area (Å²) >= 11 is 0. The van der Waals surface area contributed by atoms with E-state index in [9.17, 15) is 31.4 Å². The van der Waals surface area contributed by atoms with E-state index in [0.717, 1.165) is 12.1 Å². The van der Waals surface area contributed by atoms with Gasteiger partial charge >= 0.3 is 12.5 Å². The highest BCUT2D eigenvalue weighted by Gasteiger charge is 2.35. The molecule has 0 bridgehead atoms. The van der Waals surface area contributed by atoms with Gasteiger partial charge in [-0.3, -0.25) is 0 Å². The molecule has 30 heavy (non-hydrogen) atoms. The van der Waals surface area contributed by atoms with Crippen LogP contribution in [0.4, 0.5) is 26.3 Å². The molecule has 0 spiro atoms. The quantitative estimate of drug-likeness (QED) is 0.363. The van der Waals surface area contributed by atoms with Gasteiger partial charge in [-0.25, -0.2) is 0 Å². The van der Waals surface area contributed by atoms with Crippen molar-refractivity contribution in [3.63, 3.8) is 0 Å². The highest BCUT2D eigenvalue weighted by atomic mass is 19.4. The number of aliphatic hydroxyl groups is 1. The Hall–Kier alpha value is -2.42. The van der Waals surface area contributed by atoms with E-state index in [1.165, 1.54) is 24.3 Å². The molecule has 0 aliphatic carbocycles. The highest BCUT2D eigenvalue weighted by molar-refractivity contribution is 5.40. The van der Waals surface area contributed by atoms with E-state index in [4.69, 9.17) is 4.74 Å². The smallest absolute Gasteiger partial charge is 0.493 e. The maximum atomic E-state index is 13.4. The zero-order chi connectivity index (χ0) is 22.4. The van der Waals surface area contributed by atoms with Crippen LogP contribution in [0.15, 0.2) is 42.5 Å². The van der Waals surface area contributed by atoms with Crippen molar-refractivity contribution in [1.82, 2.24) is 0 Å². The lowest BCUT2D eigenvalue weighted by atomic mass is 10.0. The van der Waals surface area contributed by atoms with Crippen LogP contribution in [-0.4, -0.2) is 18.1 Å². The lowest BCUT2D eigenvalue weighted by molar-refractivity contribution is -0.274. The fourth-order valence-electron chi connectivity index (χ4n) is 2.90. The maximum absolute atomic E-state index is 13.4. The Bertz CT molecular complexity index is 817. The number of hydrogen-bond acceptors (Lipinski definition) is 3. The molecule has 0 amide bonds. The Balaban J connectivity index is 2.00. The SMILES string of the molecule is CCCC(O)c1ccc(OCCCc2cccc(OC(F)(F)F)c2)c(C(F)(F)F)c1. The number of hydrogen-bond donors (Lipinski definition) is 1. The van der Waals surface area contributed by atoms with Gasteiger partial charge in [0.1, 0.15) is 11.5 Å². The van der Waals surface area contributed by atoms with Gasteiger partial charge in [-0.15, -0.1) is 13.2 Å². The number of aliphatic hydroxyl groups excluding tert-OH is 1. The van der Waals surface area contributed by atoms with Crippen molar-refractivity contribution >= 4 is 0 Å². The fourth-order valence-corrected chi connectivity index (χ4v) is 2.90. The Labute approximate surface area is 170 Å². The standard InChI is InChI=1S/C21H22F6O3/c1-2-5-18(28)15-9-10-19(17(13-15)20(22,23)24)29-11-4-7-14-6-3-8-16(12-14)30-21(25,26)27/h3,6,8-10,12-13,18,28H,2,4-5,7,11H2,1H3. The van der Waals surface area contributed by atoms with Crippen LogP contribution in [0.3, 0.4) is 0 Å². The van der Waals surface area contributed by atoms with Crippen molar-refractivity contribution in [2.24, 2.45) is 0 Å². The average molecular weight is 436 g/mol. The van der Waals surface area contributed by atoms with Gasteiger partial charge in [0.05, 0.1) is 18.3 Å². The Morgan fingerprint density at radius 2 is 1.73 bits per heavy atom. The molecule has 3 nitrogen and oxygen atoms in total. The van der Waals surface area contributed by atoms with Crippen LogP contribution in [-0.2, 0) is 12.6 Å². The van der Waals surface area contributed by atoms with Gasteiger partial charge in [0.2, 0.25) is 0 Å². The summed E-state index contributed by atoms with van der Waals surface area (Å²) in [6.07, 6.45) is -8.90. The minimum Gasteiger partial charge on any atom is -0.493 e. The molecule has 0 aliphatic heterocycles. The second kappa shape index (κ2) is 10.1. The molecule has 0 fully saturated rings. The third-order valence-corrected chi connectivity index (χ3v) is 4.26. The van der Waals surface area contributed by atoms with Crippen LogP contribution in [0.1, 0.15) is 49.0 Å². The first-order valence-electron chi connectivity index (χ1n) is 9.36. The Morgan fingerprint density at radius 1 is 1.00 bits per heavy atom. The molecule has 1 unspecified atom stereocenters. The van der Waals surface area contributed by atoms with Gasteiger partial charge < -0.3 is 14.6 Å². The Morgan fingerprint density at radius 3 is 2.37 bits per heavy atom. The van der Waals surface area contributed by atoms with Gasteiger partial charge in [0, 0.05) is 0 Å². The van der Waals surface area contributed by atoms with Crippen LogP contribution < -0.4 is 9.47 Å². The molecular weight excluding hydrogens is 414 g/mol. The largest absolute Gasteiger partial charge is 0.573 e. The monoisotopic (exact) mass is 436 g/mol. The average Bonchev–Trinajstić information content (AvgIpc) is 2.63. The summed E-state index contributed by atoms with van der Waals surface area (Å²) in [5, 5.41) is 9.95. The molecule has 0 aliphatic rings. The first-order chi connectivity index (χ1) is 14.0. The number of alkyl halides is 6. The second-order valence-electron chi connectivity index (χ2n) is 6.71. The summed E-state index contributed by atoms with van der Waals surface area (Å²) in [6, 6.07) is 8.83. The molecular formula is C21H22F6O3. The number of halogens is 6. The van der Waals surface area contributed by atoms with E-state index in [1.807, 2.05) is 6.92 Å². The van der Waals surface area contributed by atoms with Crippen LogP contribution >= 0.6 is 0 Å². The number of rotatable bonds is 9. The topological polar surface area (TPSA) is 38.7 Å². The molecule has 2 aromatic carbocycles. The van der Waals surface area contributed by atoms with E-state index in [-0.39, 0.29) is 30.1 Å². The van der Waals surface area contributed by atoms with E-state index in [1.54, 1.807) is 6.07 Å². The summed E-state index contributed by atoms with van der Waals surface area (Å²) in [5.74, 6) is -0.717. The first kappa shape index (κ1) is 23.9. The van der Waals surface area contributed by atoms with Crippen molar-refractivity contribution < 1.29 is 40.9 Å². The van der Waals surface area contributed by atoms with Gasteiger partial charge in [-0.1, -0.05) is 31.5 Å². The third kappa shape index (κ3) is 7.44. The molecule has 0 aromatic heterocycles. The van der Waals surface area contributed by atoms with Crippen LogP contribution in [0.5, 0.6) is 11.5 Å². The Kier molecular flexibility index (Phi) is 8.00. The molecule has 0 heterocycles. The zero-order valence-electron chi connectivity index (χ0n) is 16.2. The molecule has 1 atom stereocenters. The molecule has 166 valence electrons. The van der Waals surface area contributed by atoms with Gasteiger partial charge in [0.25, 0.3) is 0 Å². The minimum atomic E-state index is -4.80. The van der Waals surface area contributed by atoms with Crippen molar-refractivity contribution in [2.75, 3.05) is 6.61 Å². The first-order valence-corrected chi connectivity index (χ1v) is 9.36. The summed E-state index contributed by atoms with van der Waals surface area (Å²) in [4.78, 5) is 0. The second-order valence-corrected chi connectivity index (χ2v) is 6.71. The summed E-state index contributed by atoms with van der Waals surface area (Å²) in [5.41, 5.74) is -0.275. The van der Waals surface area contributed by atoms with Gasteiger partial charge in [-0.05, 0) is 54.7 Å². The predicted molar refractivity (Wildman–Crippen MR) is 98.3 cm³/mol. The van der Waals surface area contributed by atoms with Crippen molar-refractivity contribution in [3.8, 4) is 11.5 Å². The maximum Gasteiger partial charge on any atom is 0.573 e. The van der Waals surface area contributed by atoms with E-state index < -0.39 is 24.2 Å². The van der Waals surface area contributed by atoms with Crippen LogP contribution in [0, 0.1) is 0 Å². The van der Waals surface area contributed by atoms with E-state index in [0.29, 0.717) is 24.8 Å². The lowest BCUT2D eigenvalue weighted by Crippen LogP contribution is -2.17. The van der Waals surface area contributed by atoms with Crippen molar-refractivity contribution in [3.05, 3.63) is 59.2 Å². The highest BCUT2D eigenvalue weighted by Crippen LogP contribution is 2.38. The van der Waals surface area contributed by atoms with Crippen LogP contribution in [0.25, 0.3) is 0 Å². The molecule has 0 saturated carbocycles. The van der Waals surface area contributed by atoms with E-state index >= 15 is 0 Å². The summed E-state index contributed by atoms with van der Waals surface area (Å²) in [7, 11) is 0. The fraction of sp³-hybridized carbons (Fsp3) is 0.429. The molecule has 2 aromatic rings. The molecule has 9 heteroatoms. The molecule has 1 N–H and O–H groups in total.